The first-order valence-corrected chi connectivity index (χ1v) is 14.7. The summed E-state index contributed by atoms with van der Waals surface area (Å²) >= 11 is 0. The molecule has 2 aliphatic rings. The van der Waals surface area contributed by atoms with Gasteiger partial charge in [0.2, 0.25) is 0 Å². The van der Waals surface area contributed by atoms with Crippen molar-refractivity contribution in [1.29, 1.82) is 0 Å². The number of piperidine rings is 1. The summed E-state index contributed by atoms with van der Waals surface area (Å²) in [6.45, 7) is 9.25. The summed E-state index contributed by atoms with van der Waals surface area (Å²) in [5.41, 5.74) is 2.56. The van der Waals surface area contributed by atoms with Crippen LogP contribution >= 0.6 is 0 Å². The van der Waals surface area contributed by atoms with Crippen molar-refractivity contribution in [3.05, 3.63) is 35.5 Å². The molecule has 3 heterocycles. The highest BCUT2D eigenvalue weighted by Gasteiger charge is 2.30. The molecule has 42 heavy (non-hydrogen) atoms. The largest absolute Gasteiger partial charge is 0.494 e. The fourth-order valence-electron chi connectivity index (χ4n) is 5.56. The van der Waals surface area contributed by atoms with E-state index in [1.807, 2.05) is 43.0 Å². The predicted octanol–water partition coefficient (Wildman–Crippen LogP) is 4.77. The van der Waals surface area contributed by atoms with Crippen molar-refractivity contribution >= 4 is 29.0 Å². The predicted molar refractivity (Wildman–Crippen MR) is 158 cm³/mol. The Kier molecular flexibility index (Phi) is 8.21. The highest BCUT2D eigenvalue weighted by Crippen LogP contribution is 2.36. The number of ether oxygens (including phenoxy) is 3. The number of nitrogens with one attached hydrogen (secondary N) is 1. The van der Waals surface area contributed by atoms with Crippen LogP contribution < -0.4 is 10.1 Å². The molecule has 2 amide bonds. The normalized spacial score (nSPS) is 17.3. The monoisotopic (exact) mass is 579 g/mol. The van der Waals surface area contributed by atoms with Gasteiger partial charge in [0.15, 0.2) is 5.82 Å². The molecule has 1 aliphatic carbocycles. The van der Waals surface area contributed by atoms with Gasteiger partial charge in [-0.05, 0) is 83.6 Å². The molecule has 5 rings (SSSR count). The van der Waals surface area contributed by atoms with Gasteiger partial charge in [-0.3, -0.25) is 4.79 Å². The molecule has 0 radical (unpaired) electrons. The number of alkyl carbamates (subject to hydrolysis) is 1. The zero-order valence-electron chi connectivity index (χ0n) is 25.4. The molecule has 1 atom stereocenters. The molecule has 11 heteroatoms. The molecule has 2 aromatic heterocycles. The van der Waals surface area contributed by atoms with Crippen LogP contribution in [0.1, 0.15) is 74.2 Å². The van der Waals surface area contributed by atoms with Crippen molar-refractivity contribution in [2.75, 3.05) is 26.8 Å². The van der Waals surface area contributed by atoms with E-state index in [1.54, 1.807) is 37.1 Å². The summed E-state index contributed by atoms with van der Waals surface area (Å²) in [6.07, 6.45) is 3.31. The maximum atomic E-state index is 13.7. The van der Waals surface area contributed by atoms with Gasteiger partial charge >= 0.3 is 12.1 Å². The van der Waals surface area contributed by atoms with Gasteiger partial charge in [0, 0.05) is 38.3 Å². The maximum Gasteiger partial charge on any atom is 0.407 e. The van der Waals surface area contributed by atoms with Crippen molar-refractivity contribution in [2.45, 2.75) is 71.6 Å². The standard InChI is InChI=1S/C31H41N5O6/c1-7-41-29(38)24-13-12-23(36(24)17-19-10-11-19)27-33-22-15-20(16-25(40-6)26(22)34(27)5)28(37)35-14-8-9-21(18-35)32-30(39)42-31(2,3)4/h12-13,15-16,19,21H,7-11,14,17-18H2,1-6H3,(H,32,39). The zero-order chi connectivity index (χ0) is 30.2. The first-order valence-electron chi connectivity index (χ1n) is 14.7. The van der Waals surface area contributed by atoms with E-state index in [9.17, 15) is 14.4 Å². The minimum atomic E-state index is -0.596. The number of hydrogen-bond acceptors (Lipinski definition) is 7. The third-order valence-corrected chi connectivity index (χ3v) is 7.66. The van der Waals surface area contributed by atoms with Gasteiger partial charge in [-0.25, -0.2) is 14.6 Å². The quantitative estimate of drug-likeness (QED) is 0.382. The number of likely N-dealkylation sites (tertiary alicyclic amines) is 1. The van der Waals surface area contributed by atoms with Gasteiger partial charge in [-0.1, -0.05) is 0 Å². The van der Waals surface area contributed by atoms with E-state index in [4.69, 9.17) is 19.2 Å². The maximum absolute atomic E-state index is 13.7. The highest BCUT2D eigenvalue weighted by atomic mass is 16.6. The van der Waals surface area contributed by atoms with E-state index in [0.717, 1.165) is 36.9 Å². The molecule has 2 fully saturated rings. The second kappa shape index (κ2) is 11.7. The molecular formula is C31H41N5O6. The van der Waals surface area contributed by atoms with Crippen LogP contribution in [0.4, 0.5) is 4.79 Å². The number of carbonyl (C=O) groups is 3. The number of nitrogens with zero attached hydrogens (tertiary/aromatic N) is 4. The summed E-state index contributed by atoms with van der Waals surface area (Å²) in [7, 11) is 3.48. The van der Waals surface area contributed by atoms with Crippen LogP contribution in [0.5, 0.6) is 5.75 Å². The van der Waals surface area contributed by atoms with Crippen LogP contribution in [0.2, 0.25) is 0 Å². The van der Waals surface area contributed by atoms with E-state index in [2.05, 4.69) is 5.32 Å². The third kappa shape index (κ3) is 6.24. The number of aromatic nitrogens is 3. The Hall–Kier alpha value is -4.02. The second-order valence-corrected chi connectivity index (χ2v) is 12.2. The Morgan fingerprint density at radius 3 is 2.55 bits per heavy atom. The molecule has 11 nitrogen and oxygen atoms in total. The van der Waals surface area contributed by atoms with Crippen LogP contribution in [-0.4, -0.2) is 75.4 Å². The van der Waals surface area contributed by atoms with Crippen LogP contribution in [-0.2, 0) is 23.1 Å². The van der Waals surface area contributed by atoms with Gasteiger partial charge in [0.1, 0.15) is 22.6 Å². The summed E-state index contributed by atoms with van der Waals surface area (Å²) in [6, 6.07) is 7.03. The average molecular weight is 580 g/mol. The number of carbonyl (C=O) groups excluding carboxylic acids is 3. The molecule has 1 unspecified atom stereocenters. The van der Waals surface area contributed by atoms with Crippen molar-refractivity contribution < 1.29 is 28.6 Å². The topological polar surface area (TPSA) is 117 Å². The first-order chi connectivity index (χ1) is 20.0. The number of benzene rings is 1. The molecule has 3 aromatic rings. The molecule has 1 aliphatic heterocycles. The van der Waals surface area contributed by atoms with Crippen molar-refractivity contribution in [3.8, 4) is 17.3 Å². The van der Waals surface area contributed by atoms with Gasteiger partial charge in [0.05, 0.1) is 24.9 Å². The van der Waals surface area contributed by atoms with E-state index in [1.165, 1.54) is 0 Å². The average Bonchev–Trinajstić information content (AvgIpc) is 3.56. The number of methoxy groups -OCH3 is 1. The van der Waals surface area contributed by atoms with Crippen molar-refractivity contribution in [1.82, 2.24) is 24.3 Å². The van der Waals surface area contributed by atoms with Crippen molar-refractivity contribution in [2.24, 2.45) is 13.0 Å². The van der Waals surface area contributed by atoms with E-state index in [0.29, 0.717) is 60.5 Å². The van der Waals surface area contributed by atoms with E-state index in [-0.39, 0.29) is 17.9 Å². The number of esters is 1. The fourth-order valence-corrected chi connectivity index (χ4v) is 5.56. The van der Waals surface area contributed by atoms with Crippen LogP contribution in [0.3, 0.4) is 0 Å². The van der Waals surface area contributed by atoms with Crippen molar-refractivity contribution in [3.63, 3.8) is 0 Å². The number of amides is 2. The Bertz CT molecular complexity index is 1500. The third-order valence-electron chi connectivity index (χ3n) is 7.66. The lowest BCUT2D eigenvalue weighted by molar-refractivity contribution is 0.0451. The second-order valence-electron chi connectivity index (χ2n) is 12.2. The van der Waals surface area contributed by atoms with Gasteiger partial charge < -0.3 is 33.6 Å². The lowest BCUT2D eigenvalue weighted by Gasteiger charge is -2.33. The van der Waals surface area contributed by atoms with Gasteiger partial charge in [-0.15, -0.1) is 0 Å². The van der Waals surface area contributed by atoms with Crippen LogP contribution in [0.15, 0.2) is 24.3 Å². The Morgan fingerprint density at radius 2 is 1.88 bits per heavy atom. The molecule has 1 N–H and O–H groups in total. The molecule has 0 spiro atoms. The summed E-state index contributed by atoms with van der Waals surface area (Å²) in [4.78, 5) is 45.4. The smallest absolute Gasteiger partial charge is 0.407 e. The SMILES string of the molecule is CCOC(=O)c1ccc(-c2nc3cc(C(=O)N4CCCC(NC(=O)OC(C)(C)C)C4)cc(OC)c3n2C)n1CC1CC1. The number of imidazole rings is 1. The number of hydrogen-bond donors (Lipinski definition) is 1. The molecule has 1 saturated carbocycles. The van der Waals surface area contributed by atoms with Crippen LogP contribution in [0.25, 0.3) is 22.6 Å². The van der Waals surface area contributed by atoms with Gasteiger partial charge in [0.25, 0.3) is 5.91 Å². The fraction of sp³-hybridized carbons (Fsp3) is 0.548. The molecule has 226 valence electrons. The molecular weight excluding hydrogens is 538 g/mol. The Labute approximate surface area is 246 Å². The van der Waals surface area contributed by atoms with E-state index < -0.39 is 11.7 Å². The summed E-state index contributed by atoms with van der Waals surface area (Å²) in [5.74, 6) is 1.22. The molecule has 1 aromatic carbocycles. The summed E-state index contributed by atoms with van der Waals surface area (Å²) in [5, 5.41) is 2.90. The van der Waals surface area contributed by atoms with Gasteiger partial charge in [-0.2, -0.15) is 0 Å². The number of aryl methyl sites for hydroxylation is 1. The minimum Gasteiger partial charge on any atom is -0.494 e. The minimum absolute atomic E-state index is 0.153. The van der Waals surface area contributed by atoms with Crippen LogP contribution in [0, 0.1) is 5.92 Å². The zero-order valence-corrected chi connectivity index (χ0v) is 25.4. The van der Waals surface area contributed by atoms with E-state index >= 15 is 0 Å². The number of fused-ring (bicyclic) bond motifs is 1. The number of rotatable bonds is 8. The lowest BCUT2D eigenvalue weighted by atomic mass is 10.0. The Balaban J connectivity index is 1.44. The Morgan fingerprint density at radius 1 is 1.12 bits per heavy atom. The molecule has 1 saturated heterocycles. The first kappa shape index (κ1) is 29.5. The molecule has 0 bridgehead atoms. The lowest BCUT2D eigenvalue weighted by Crippen LogP contribution is -2.50. The highest BCUT2D eigenvalue weighted by molar-refractivity contribution is 6.00. The summed E-state index contributed by atoms with van der Waals surface area (Å²) < 4.78 is 20.4.